The maximum absolute atomic E-state index is 13.0. The molecular weight excluding hydrogens is 428 g/mol. The van der Waals surface area contributed by atoms with E-state index in [2.05, 4.69) is 34.3 Å². The van der Waals surface area contributed by atoms with Crippen LogP contribution in [0.1, 0.15) is 58.2 Å². The zero-order valence-corrected chi connectivity index (χ0v) is 20.2. The monoisotopic (exact) mass is 460 g/mol. The molecule has 1 amide bonds. The second-order valence-electron chi connectivity index (χ2n) is 8.70. The Hall–Kier alpha value is -3.61. The van der Waals surface area contributed by atoms with Crippen molar-refractivity contribution in [3.05, 3.63) is 77.1 Å². The predicted octanol–water partition coefficient (Wildman–Crippen LogP) is 4.62. The molecule has 1 fully saturated rings. The molecule has 1 saturated heterocycles. The number of rotatable bonds is 7. The molecule has 1 aromatic heterocycles. The molecule has 0 atom stereocenters. The van der Waals surface area contributed by atoms with E-state index in [0.29, 0.717) is 30.0 Å². The fraction of sp³-hybridized carbons (Fsp3) is 0.370. The van der Waals surface area contributed by atoms with Gasteiger partial charge in [0.1, 0.15) is 5.56 Å². The van der Waals surface area contributed by atoms with E-state index in [1.54, 1.807) is 28.6 Å². The number of carbonyl (C=O) groups excluding carboxylic acids is 2. The number of nitrogens with zero attached hydrogens (tertiary/aromatic N) is 4. The van der Waals surface area contributed by atoms with E-state index in [1.165, 1.54) is 31.1 Å². The van der Waals surface area contributed by atoms with Gasteiger partial charge in [0.2, 0.25) is 0 Å². The lowest BCUT2D eigenvalue weighted by molar-refractivity contribution is 0.0525. The van der Waals surface area contributed by atoms with E-state index < -0.39 is 0 Å². The highest BCUT2D eigenvalue weighted by Gasteiger charge is 2.17. The fourth-order valence-electron chi connectivity index (χ4n) is 4.35. The van der Waals surface area contributed by atoms with Gasteiger partial charge in [-0.3, -0.25) is 4.79 Å². The number of benzene rings is 2. The predicted molar refractivity (Wildman–Crippen MR) is 133 cm³/mol. The number of anilines is 1. The number of aromatic nitrogens is 2. The van der Waals surface area contributed by atoms with Crippen LogP contribution in [0.15, 0.2) is 54.7 Å². The van der Waals surface area contributed by atoms with Gasteiger partial charge < -0.3 is 14.5 Å². The standard InChI is InChI=1S/C27H32N4O3/c1-4-34-27(33)25-18-28-31(20(25)2)24-14-10-22(11-15-24)26(32)29(3)19-21-8-12-23(13-9-21)30-16-6-5-7-17-30/h8-15,18H,4-7,16-17,19H2,1-3H3. The molecule has 0 radical (unpaired) electrons. The minimum absolute atomic E-state index is 0.0453. The van der Waals surface area contributed by atoms with Crippen molar-refractivity contribution in [3.63, 3.8) is 0 Å². The largest absolute Gasteiger partial charge is 0.462 e. The summed E-state index contributed by atoms with van der Waals surface area (Å²) in [6, 6.07) is 15.8. The quantitative estimate of drug-likeness (QED) is 0.481. The number of piperidine rings is 1. The summed E-state index contributed by atoms with van der Waals surface area (Å²) >= 11 is 0. The summed E-state index contributed by atoms with van der Waals surface area (Å²) in [5.74, 6) is -0.431. The van der Waals surface area contributed by atoms with Crippen molar-refractivity contribution in [3.8, 4) is 5.69 Å². The Morgan fingerprint density at radius 2 is 1.62 bits per heavy atom. The molecule has 0 saturated carbocycles. The smallest absolute Gasteiger partial charge is 0.341 e. The average Bonchev–Trinajstić information content (AvgIpc) is 3.26. The molecule has 0 N–H and O–H groups in total. The maximum atomic E-state index is 13.0. The Bertz CT molecular complexity index is 1130. The van der Waals surface area contributed by atoms with Gasteiger partial charge in [-0.1, -0.05) is 12.1 Å². The van der Waals surface area contributed by atoms with E-state index in [4.69, 9.17) is 4.74 Å². The molecule has 7 nitrogen and oxygen atoms in total. The topological polar surface area (TPSA) is 67.7 Å². The highest BCUT2D eigenvalue weighted by molar-refractivity contribution is 5.94. The third-order valence-corrected chi connectivity index (χ3v) is 6.29. The summed E-state index contributed by atoms with van der Waals surface area (Å²) in [5, 5.41) is 4.31. The molecule has 1 aliphatic rings. The second-order valence-corrected chi connectivity index (χ2v) is 8.70. The van der Waals surface area contributed by atoms with Crippen molar-refractivity contribution in [2.45, 2.75) is 39.7 Å². The van der Waals surface area contributed by atoms with E-state index in [1.807, 2.05) is 26.1 Å². The lowest BCUT2D eigenvalue weighted by atomic mass is 10.1. The first-order valence-electron chi connectivity index (χ1n) is 11.9. The first-order chi connectivity index (χ1) is 16.5. The third-order valence-electron chi connectivity index (χ3n) is 6.29. The van der Waals surface area contributed by atoms with Crippen LogP contribution in [0, 0.1) is 6.92 Å². The van der Waals surface area contributed by atoms with Crippen molar-refractivity contribution in [2.24, 2.45) is 0 Å². The van der Waals surface area contributed by atoms with Crippen LogP contribution in [0.5, 0.6) is 0 Å². The van der Waals surface area contributed by atoms with Crippen LogP contribution in [-0.4, -0.2) is 53.3 Å². The summed E-state index contributed by atoms with van der Waals surface area (Å²) in [7, 11) is 1.82. The molecule has 2 heterocycles. The minimum atomic E-state index is -0.386. The van der Waals surface area contributed by atoms with Crippen LogP contribution >= 0.6 is 0 Å². The highest BCUT2D eigenvalue weighted by Crippen LogP contribution is 2.21. The summed E-state index contributed by atoms with van der Waals surface area (Å²) < 4.78 is 6.75. The van der Waals surface area contributed by atoms with Gasteiger partial charge in [0, 0.05) is 37.9 Å². The Morgan fingerprint density at radius 3 is 2.26 bits per heavy atom. The second kappa shape index (κ2) is 10.5. The molecule has 2 aromatic carbocycles. The van der Waals surface area contributed by atoms with Gasteiger partial charge in [-0.25, -0.2) is 9.48 Å². The van der Waals surface area contributed by atoms with Crippen LogP contribution < -0.4 is 4.90 Å². The van der Waals surface area contributed by atoms with Gasteiger partial charge in [-0.05, 0) is 75.1 Å². The van der Waals surface area contributed by atoms with Gasteiger partial charge in [0.15, 0.2) is 0 Å². The van der Waals surface area contributed by atoms with Crippen LogP contribution in [0.3, 0.4) is 0 Å². The molecule has 0 aliphatic carbocycles. The lowest BCUT2D eigenvalue weighted by Crippen LogP contribution is -2.29. The normalized spacial score (nSPS) is 13.6. The molecule has 0 spiro atoms. The van der Waals surface area contributed by atoms with Crippen molar-refractivity contribution >= 4 is 17.6 Å². The number of carbonyl (C=O) groups is 2. The summed E-state index contributed by atoms with van der Waals surface area (Å²) in [4.78, 5) is 29.2. The first kappa shape index (κ1) is 23.5. The Balaban J connectivity index is 1.40. The molecule has 7 heteroatoms. The Morgan fingerprint density at radius 1 is 0.971 bits per heavy atom. The minimum Gasteiger partial charge on any atom is -0.462 e. The molecular formula is C27H32N4O3. The van der Waals surface area contributed by atoms with Crippen LogP contribution in [-0.2, 0) is 11.3 Å². The Labute approximate surface area is 200 Å². The summed E-state index contributed by atoms with van der Waals surface area (Å²) in [6.07, 6.45) is 5.34. The Kier molecular flexibility index (Phi) is 7.30. The molecule has 178 valence electrons. The van der Waals surface area contributed by atoms with E-state index in [-0.39, 0.29) is 11.9 Å². The fourth-order valence-corrected chi connectivity index (χ4v) is 4.35. The molecule has 3 aromatic rings. The van der Waals surface area contributed by atoms with E-state index >= 15 is 0 Å². The number of ether oxygens (including phenoxy) is 1. The zero-order chi connectivity index (χ0) is 24.1. The summed E-state index contributed by atoms with van der Waals surface area (Å²) in [6.45, 7) is 6.70. The molecule has 4 rings (SSSR count). The number of hydrogen-bond donors (Lipinski definition) is 0. The van der Waals surface area contributed by atoms with Crippen molar-refractivity contribution in [1.29, 1.82) is 0 Å². The number of amides is 1. The van der Waals surface area contributed by atoms with Gasteiger partial charge in [-0.2, -0.15) is 5.10 Å². The zero-order valence-electron chi connectivity index (χ0n) is 20.2. The van der Waals surface area contributed by atoms with Crippen LogP contribution in [0.25, 0.3) is 5.69 Å². The van der Waals surface area contributed by atoms with Gasteiger partial charge in [0.05, 0.1) is 24.2 Å². The third kappa shape index (κ3) is 5.14. The van der Waals surface area contributed by atoms with Gasteiger partial charge in [-0.15, -0.1) is 0 Å². The number of hydrogen-bond acceptors (Lipinski definition) is 5. The first-order valence-corrected chi connectivity index (χ1v) is 11.9. The van der Waals surface area contributed by atoms with E-state index in [9.17, 15) is 9.59 Å². The van der Waals surface area contributed by atoms with Gasteiger partial charge in [0.25, 0.3) is 5.91 Å². The molecule has 0 unspecified atom stereocenters. The summed E-state index contributed by atoms with van der Waals surface area (Å²) in [5.41, 5.74) is 4.88. The van der Waals surface area contributed by atoms with E-state index in [0.717, 1.165) is 24.3 Å². The highest BCUT2D eigenvalue weighted by atomic mass is 16.5. The van der Waals surface area contributed by atoms with Crippen molar-refractivity contribution < 1.29 is 14.3 Å². The van der Waals surface area contributed by atoms with Crippen molar-refractivity contribution in [1.82, 2.24) is 14.7 Å². The van der Waals surface area contributed by atoms with Crippen LogP contribution in [0.4, 0.5) is 5.69 Å². The van der Waals surface area contributed by atoms with Crippen molar-refractivity contribution in [2.75, 3.05) is 31.6 Å². The molecule has 1 aliphatic heterocycles. The average molecular weight is 461 g/mol. The van der Waals surface area contributed by atoms with Gasteiger partial charge >= 0.3 is 5.97 Å². The lowest BCUT2D eigenvalue weighted by Gasteiger charge is -2.29. The SMILES string of the molecule is CCOC(=O)c1cnn(-c2ccc(C(=O)N(C)Cc3ccc(N4CCCCC4)cc3)cc2)c1C. The maximum Gasteiger partial charge on any atom is 0.341 e. The number of esters is 1. The van der Waals surface area contributed by atoms with Crippen LogP contribution in [0.2, 0.25) is 0 Å². The molecule has 0 bridgehead atoms. The molecule has 34 heavy (non-hydrogen) atoms.